The van der Waals surface area contributed by atoms with Gasteiger partial charge in [-0.25, -0.2) is 4.98 Å². The van der Waals surface area contributed by atoms with Crippen LogP contribution in [0.4, 0.5) is 0 Å². The fourth-order valence-electron chi connectivity index (χ4n) is 2.40. The summed E-state index contributed by atoms with van der Waals surface area (Å²) in [5.74, 6) is 0.990. The number of benzene rings is 1. The zero-order valence-electron chi connectivity index (χ0n) is 12.3. The molecular weight excluding hydrogens is 278 g/mol. The minimum Gasteiger partial charge on any atom is -0.328 e. The highest BCUT2D eigenvalue weighted by molar-refractivity contribution is 7.13. The third-order valence-electron chi connectivity index (χ3n) is 3.81. The summed E-state index contributed by atoms with van der Waals surface area (Å²) in [5.41, 5.74) is 10.1. The number of nitrogens with two attached hydrogens (primary N) is 1. The Kier molecular flexibility index (Phi) is 3.90. The van der Waals surface area contributed by atoms with Crippen LogP contribution in [0.25, 0.3) is 10.7 Å². The zero-order chi connectivity index (χ0) is 14.8. The molecule has 0 fully saturated rings. The number of aryl methyl sites for hydroxylation is 2. The molecule has 3 nitrogen and oxygen atoms in total. The standard InChI is InChI=1S/C17H19N3S/c1-12-5-6-14(10-13(12)2)15(18)11-20-8-7-19-17(20)16-4-3-9-21-16/h3-10,15H,11,18H2,1-2H3. The fourth-order valence-corrected chi connectivity index (χ4v) is 3.14. The maximum atomic E-state index is 6.38. The average molecular weight is 297 g/mol. The molecule has 3 rings (SSSR count). The molecule has 1 aromatic carbocycles. The first kappa shape index (κ1) is 14.0. The molecule has 0 aliphatic heterocycles. The summed E-state index contributed by atoms with van der Waals surface area (Å²) in [5, 5.41) is 2.07. The first-order chi connectivity index (χ1) is 10.1. The Bertz CT molecular complexity index is 728. The Hall–Kier alpha value is -1.91. The molecule has 2 N–H and O–H groups in total. The summed E-state index contributed by atoms with van der Waals surface area (Å²) < 4.78 is 2.13. The summed E-state index contributed by atoms with van der Waals surface area (Å²) in [6.07, 6.45) is 3.83. The third-order valence-corrected chi connectivity index (χ3v) is 4.68. The van der Waals surface area contributed by atoms with Crippen molar-refractivity contribution in [2.24, 2.45) is 5.73 Å². The van der Waals surface area contributed by atoms with E-state index >= 15 is 0 Å². The quantitative estimate of drug-likeness (QED) is 0.793. The van der Waals surface area contributed by atoms with Crippen molar-refractivity contribution in [3.05, 3.63) is 64.8 Å². The Morgan fingerprint density at radius 2 is 2.10 bits per heavy atom. The number of thiophene rings is 1. The highest BCUT2D eigenvalue weighted by Crippen LogP contribution is 2.25. The van der Waals surface area contributed by atoms with Crippen LogP contribution in [0.3, 0.4) is 0 Å². The van der Waals surface area contributed by atoms with Crippen molar-refractivity contribution in [3.8, 4) is 10.7 Å². The van der Waals surface area contributed by atoms with E-state index in [0.29, 0.717) is 0 Å². The lowest BCUT2D eigenvalue weighted by Gasteiger charge is -2.16. The van der Waals surface area contributed by atoms with Gasteiger partial charge < -0.3 is 10.3 Å². The van der Waals surface area contributed by atoms with E-state index in [2.05, 4.69) is 53.0 Å². The average Bonchev–Trinajstić information content (AvgIpc) is 3.12. The van der Waals surface area contributed by atoms with Gasteiger partial charge in [-0.3, -0.25) is 0 Å². The summed E-state index contributed by atoms with van der Waals surface area (Å²) in [4.78, 5) is 5.63. The number of nitrogens with zero attached hydrogens (tertiary/aromatic N) is 2. The molecule has 1 atom stereocenters. The van der Waals surface area contributed by atoms with Crippen molar-refractivity contribution in [2.45, 2.75) is 26.4 Å². The second-order valence-corrected chi connectivity index (χ2v) is 6.28. The molecule has 108 valence electrons. The molecule has 2 aromatic heterocycles. The van der Waals surface area contributed by atoms with Gasteiger partial charge >= 0.3 is 0 Å². The second-order valence-electron chi connectivity index (χ2n) is 5.33. The van der Waals surface area contributed by atoms with E-state index in [0.717, 1.165) is 12.4 Å². The highest BCUT2D eigenvalue weighted by atomic mass is 32.1. The van der Waals surface area contributed by atoms with Gasteiger partial charge in [0.2, 0.25) is 0 Å². The summed E-state index contributed by atoms with van der Waals surface area (Å²) in [7, 11) is 0. The first-order valence-electron chi connectivity index (χ1n) is 7.03. The van der Waals surface area contributed by atoms with E-state index in [-0.39, 0.29) is 6.04 Å². The Labute approximate surface area is 129 Å². The minimum atomic E-state index is -0.0304. The highest BCUT2D eigenvalue weighted by Gasteiger charge is 2.12. The van der Waals surface area contributed by atoms with E-state index < -0.39 is 0 Å². The van der Waals surface area contributed by atoms with Gasteiger partial charge in [0.15, 0.2) is 0 Å². The molecule has 21 heavy (non-hydrogen) atoms. The van der Waals surface area contributed by atoms with Gasteiger partial charge in [-0.2, -0.15) is 0 Å². The zero-order valence-corrected chi connectivity index (χ0v) is 13.1. The minimum absolute atomic E-state index is 0.0304. The van der Waals surface area contributed by atoms with Crippen molar-refractivity contribution in [2.75, 3.05) is 0 Å². The van der Waals surface area contributed by atoms with Crippen LogP contribution in [0.1, 0.15) is 22.7 Å². The van der Waals surface area contributed by atoms with Gasteiger partial charge in [0, 0.05) is 25.0 Å². The normalized spacial score (nSPS) is 12.5. The van der Waals surface area contributed by atoms with Gasteiger partial charge in [-0.15, -0.1) is 11.3 Å². The topological polar surface area (TPSA) is 43.8 Å². The van der Waals surface area contributed by atoms with Crippen LogP contribution in [-0.4, -0.2) is 9.55 Å². The van der Waals surface area contributed by atoms with Crippen LogP contribution in [0.2, 0.25) is 0 Å². The monoisotopic (exact) mass is 297 g/mol. The number of hydrogen-bond acceptors (Lipinski definition) is 3. The Balaban J connectivity index is 1.84. The molecule has 0 aliphatic carbocycles. The van der Waals surface area contributed by atoms with Crippen LogP contribution in [0.5, 0.6) is 0 Å². The maximum Gasteiger partial charge on any atom is 0.150 e. The van der Waals surface area contributed by atoms with Crippen molar-refractivity contribution in [1.82, 2.24) is 9.55 Å². The largest absolute Gasteiger partial charge is 0.328 e. The SMILES string of the molecule is Cc1ccc(C(N)Cn2ccnc2-c2cccs2)cc1C. The molecule has 0 aliphatic rings. The number of imidazole rings is 1. The van der Waals surface area contributed by atoms with Gasteiger partial charge in [0.25, 0.3) is 0 Å². The van der Waals surface area contributed by atoms with E-state index in [1.54, 1.807) is 11.3 Å². The summed E-state index contributed by atoms with van der Waals surface area (Å²) in [6, 6.07) is 10.5. The maximum absolute atomic E-state index is 6.38. The fraction of sp³-hybridized carbons (Fsp3) is 0.235. The molecule has 3 aromatic rings. The van der Waals surface area contributed by atoms with E-state index in [4.69, 9.17) is 5.73 Å². The molecule has 2 heterocycles. The number of hydrogen-bond donors (Lipinski definition) is 1. The molecule has 1 unspecified atom stereocenters. The van der Waals surface area contributed by atoms with E-state index in [1.165, 1.54) is 21.6 Å². The molecular formula is C17H19N3S. The summed E-state index contributed by atoms with van der Waals surface area (Å²) in [6.45, 7) is 4.98. The van der Waals surface area contributed by atoms with Crippen molar-refractivity contribution < 1.29 is 0 Å². The van der Waals surface area contributed by atoms with Crippen molar-refractivity contribution in [3.63, 3.8) is 0 Å². The molecule has 0 bridgehead atoms. The van der Waals surface area contributed by atoms with Crippen LogP contribution >= 0.6 is 11.3 Å². The number of rotatable bonds is 4. The smallest absolute Gasteiger partial charge is 0.150 e. The molecule has 0 amide bonds. The van der Waals surface area contributed by atoms with Crippen LogP contribution in [0.15, 0.2) is 48.1 Å². The molecule has 0 radical (unpaired) electrons. The van der Waals surface area contributed by atoms with Crippen LogP contribution < -0.4 is 5.73 Å². The van der Waals surface area contributed by atoms with Gasteiger partial charge in [0.1, 0.15) is 5.82 Å². The molecule has 0 saturated carbocycles. The first-order valence-corrected chi connectivity index (χ1v) is 7.91. The second kappa shape index (κ2) is 5.84. The Morgan fingerprint density at radius 3 is 2.81 bits per heavy atom. The van der Waals surface area contributed by atoms with E-state index in [9.17, 15) is 0 Å². The van der Waals surface area contributed by atoms with E-state index in [1.807, 2.05) is 18.5 Å². The number of aromatic nitrogens is 2. The molecule has 0 saturated heterocycles. The van der Waals surface area contributed by atoms with Gasteiger partial charge in [0.05, 0.1) is 4.88 Å². The van der Waals surface area contributed by atoms with Crippen molar-refractivity contribution >= 4 is 11.3 Å². The van der Waals surface area contributed by atoms with Gasteiger partial charge in [-0.05, 0) is 42.0 Å². The lowest BCUT2D eigenvalue weighted by Crippen LogP contribution is -2.18. The van der Waals surface area contributed by atoms with Crippen molar-refractivity contribution in [1.29, 1.82) is 0 Å². The van der Waals surface area contributed by atoms with Gasteiger partial charge in [-0.1, -0.05) is 24.3 Å². The predicted molar refractivity (Wildman–Crippen MR) is 88.4 cm³/mol. The van der Waals surface area contributed by atoms with Crippen LogP contribution in [0, 0.1) is 13.8 Å². The molecule has 0 spiro atoms. The third kappa shape index (κ3) is 2.91. The lowest BCUT2D eigenvalue weighted by molar-refractivity contribution is 0.581. The van der Waals surface area contributed by atoms with Crippen LogP contribution in [-0.2, 0) is 6.54 Å². The molecule has 4 heteroatoms. The summed E-state index contributed by atoms with van der Waals surface area (Å²) >= 11 is 1.70. The Morgan fingerprint density at radius 1 is 1.24 bits per heavy atom. The lowest BCUT2D eigenvalue weighted by atomic mass is 10.0. The predicted octanol–water partition coefficient (Wildman–Crippen LogP) is 3.93.